The number of nitrogens with two attached hydrogens (primary N) is 1. The Labute approximate surface area is 108 Å². The van der Waals surface area contributed by atoms with Crippen molar-refractivity contribution in [3.05, 3.63) is 0 Å². The Hall–Kier alpha value is 0.539. The van der Waals surface area contributed by atoms with Crippen LogP contribution in [0.1, 0.15) is 28.2 Å². The van der Waals surface area contributed by atoms with Gasteiger partial charge in [0, 0.05) is 0 Å². The van der Waals surface area contributed by atoms with Crippen LogP contribution < -0.4 is 5.73 Å². The third kappa shape index (κ3) is 4790. The SMILES string of the molecule is C.CC(=N)[Se].CC(=N)[Te].CC(N)=S. The minimum Gasteiger partial charge on any atom is -0.394 e. The van der Waals surface area contributed by atoms with Crippen LogP contribution in [-0.2, 0) is 0 Å². The van der Waals surface area contributed by atoms with Crippen LogP contribution in [0, 0.1) is 10.8 Å². The molecule has 0 unspecified atom stereocenters. The van der Waals surface area contributed by atoms with Crippen molar-refractivity contribution in [1.29, 1.82) is 10.8 Å². The molecule has 0 fully saturated rings. The average Bonchev–Trinajstić information content (AvgIpc) is 1.54. The van der Waals surface area contributed by atoms with E-state index in [0.29, 0.717) is 13.4 Å². The van der Waals surface area contributed by atoms with E-state index in [1.807, 2.05) is 0 Å². The average molecular weight is 382 g/mol. The van der Waals surface area contributed by atoms with E-state index in [2.05, 4.69) is 28.2 Å². The summed E-state index contributed by atoms with van der Waals surface area (Å²) in [6.45, 7) is 5.12. The fraction of sp³-hybridized carbons (Fsp3) is 0.571. The molecule has 0 aromatic carbocycles. The molecule has 0 aliphatic rings. The van der Waals surface area contributed by atoms with Crippen molar-refractivity contribution < 1.29 is 0 Å². The van der Waals surface area contributed by atoms with E-state index in [0.717, 1.165) is 0 Å². The van der Waals surface area contributed by atoms with Gasteiger partial charge < -0.3 is 5.73 Å². The van der Waals surface area contributed by atoms with E-state index < -0.39 is 0 Å². The molecule has 2 radical (unpaired) electrons. The first kappa shape index (κ1) is 23.4. The molecule has 13 heavy (non-hydrogen) atoms. The van der Waals surface area contributed by atoms with Gasteiger partial charge in [-0.05, 0) is 6.92 Å². The molecule has 0 saturated heterocycles. The molecule has 0 bridgehead atoms. The summed E-state index contributed by atoms with van der Waals surface area (Å²) in [5.41, 5.74) is 4.84. The van der Waals surface area contributed by atoms with Crippen LogP contribution in [0.5, 0.6) is 0 Å². The molecule has 3 nitrogen and oxygen atoms in total. The minimum atomic E-state index is 0. The van der Waals surface area contributed by atoms with E-state index in [9.17, 15) is 0 Å². The Kier molecular flexibility index (Phi) is 33.0. The van der Waals surface area contributed by atoms with Crippen LogP contribution in [0.4, 0.5) is 0 Å². The van der Waals surface area contributed by atoms with Crippen molar-refractivity contribution in [1.82, 2.24) is 0 Å². The fourth-order valence-electron chi connectivity index (χ4n) is 0. The molecule has 0 aliphatic carbocycles. The van der Waals surface area contributed by atoms with Crippen molar-refractivity contribution >= 4 is 63.9 Å². The fourth-order valence-corrected chi connectivity index (χ4v) is 0. The number of hydrogen-bond donors (Lipinski definition) is 3. The van der Waals surface area contributed by atoms with Crippen LogP contribution >= 0.6 is 12.2 Å². The van der Waals surface area contributed by atoms with E-state index in [4.69, 9.17) is 16.6 Å². The van der Waals surface area contributed by atoms with Gasteiger partial charge in [0.15, 0.2) is 0 Å². The first-order chi connectivity index (χ1) is 5.20. The molecule has 0 rings (SSSR count). The van der Waals surface area contributed by atoms with Gasteiger partial charge in [0.2, 0.25) is 0 Å². The van der Waals surface area contributed by atoms with Crippen LogP contribution in [0.25, 0.3) is 0 Å². The molecule has 0 aromatic heterocycles. The van der Waals surface area contributed by atoms with Crippen LogP contribution in [0.15, 0.2) is 0 Å². The summed E-state index contributed by atoms with van der Waals surface area (Å²) in [4.78, 5) is 0.500. The third-order valence-corrected chi connectivity index (χ3v) is 0. The first-order valence-electron chi connectivity index (χ1n) is 2.90. The van der Waals surface area contributed by atoms with Gasteiger partial charge in [-0.2, -0.15) is 0 Å². The zero-order valence-corrected chi connectivity index (χ0v) is 12.2. The zero-order valence-electron chi connectivity index (χ0n) is 7.30. The second-order valence-corrected chi connectivity index (χ2v) is 5.40. The maximum atomic E-state index is 6.50. The molecule has 0 aliphatic heterocycles. The number of hydrogen-bond acceptors (Lipinski definition) is 3. The molecule has 0 heterocycles. The predicted molar refractivity (Wildman–Crippen MR) is 67.5 cm³/mol. The number of rotatable bonds is 0. The van der Waals surface area contributed by atoms with Crippen molar-refractivity contribution in [2.24, 2.45) is 5.73 Å². The second kappa shape index (κ2) is 18.3. The maximum Gasteiger partial charge on any atom is 0.0695 e. The molecule has 0 spiro atoms. The van der Waals surface area contributed by atoms with E-state index >= 15 is 0 Å². The molecular weight excluding hydrogens is 365 g/mol. The summed E-state index contributed by atoms with van der Waals surface area (Å²) in [5.74, 6) is 0. The van der Waals surface area contributed by atoms with Gasteiger partial charge in [-0.25, -0.2) is 0 Å². The monoisotopic (exact) mass is 385 g/mol. The summed E-state index contributed by atoms with van der Waals surface area (Å²) >= 11 is 8.49. The standard InChI is InChI=1S/C2H5NS.C2H4NSe.C2H4NTe.CH4/c3*1-2(3)4;/h1H3,(H2,3,4);2*3H,1H3;1H4. The molecule has 78 valence electrons. The van der Waals surface area contributed by atoms with Gasteiger partial charge in [-0.15, -0.1) is 0 Å². The van der Waals surface area contributed by atoms with Crippen molar-refractivity contribution in [2.45, 2.75) is 28.2 Å². The van der Waals surface area contributed by atoms with Gasteiger partial charge in [-0.3, -0.25) is 0 Å². The molecule has 0 atom stereocenters. The van der Waals surface area contributed by atoms with E-state index in [1.165, 1.54) is 0 Å². The quantitative estimate of drug-likeness (QED) is 0.335. The summed E-state index contributed by atoms with van der Waals surface area (Å²) in [6.07, 6.45) is 0. The maximum absolute atomic E-state index is 6.50. The smallest absolute Gasteiger partial charge is 0.0695 e. The minimum absolute atomic E-state index is 0. The first-order valence-corrected chi connectivity index (χ1v) is 5.33. The van der Waals surface area contributed by atoms with E-state index in [1.54, 1.807) is 43.1 Å². The van der Waals surface area contributed by atoms with Gasteiger partial charge in [0.1, 0.15) is 0 Å². The molecule has 0 amide bonds. The van der Waals surface area contributed by atoms with Crippen molar-refractivity contribution in [2.75, 3.05) is 0 Å². The van der Waals surface area contributed by atoms with Crippen molar-refractivity contribution in [3.8, 4) is 0 Å². The van der Waals surface area contributed by atoms with Crippen LogP contribution in [0.2, 0.25) is 0 Å². The number of thiocarbonyl (C=S) groups is 1. The summed E-state index contributed by atoms with van der Waals surface area (Å²) in [6, 6.07) is 0. The Morgan fingerprint density at radius 3 is 1.31 bits per heavy atom. The number of nitrogens with one attached hydrogen (secondary N) is 2. The Morgan fingerprint density at radius 1 is 1.31 bits per heavy atom. The molecular formula is C7H17N3SSeTe. The molecule has 0 saturated carbocycles. The topological polar surface area (TPSA) is 73.7 Å². The Morgan fingerprint density at radius 2 is 1.31 bits per heavy atom. The normalized spacial score (nSPS) is 5.77. The summed E-state index contributed by atoms with van der Waals surface area (Å²) in [7, 11) is 0. The molecule has 4 N–H and O–H groups in total. The largest absolute Gasteiger partial charge is 0.394 e. The van der Waals surface area contributed by atoms with Gasteiger partial charge in [0.25, 0.3) is 0 Å². The van der Waals surface area contributed by atoms with Crippen LogP contribution in [-0.4, -0.2) is 51.7 Å². The van der Waals surface area contributed by atoms with Gasteiger partial charge in [0.05, 0.1) is 4.99 Å². The predicted octanol–water partition coefficient (Wildman–Crippen LogP) is 1.23. The van der Waals surface area contributed by atoms with Gasteiger partial charge in [-0.1, -0.05) is 19.6 Å². The second-order valence-electron chi connectivity index (χ2n) is 1.72. The van der Waals surface area contributed by atoms with Crippen LogP contribution in [0.3, 0.4) is 0 Å². The molecule has 0 aromatic rings. The Bertz CT molecular complexity index is 121. The van der Waals surface area contributed by atoms with Crippen molar-refractivity contribution in [3.63, 3.8) is 0 Å². The Balaban J connectivity index is -0.0000000450. The summed E-state index contributed by atoms with van der Waals surface area (Å²) in [5, 5.41) is 12.9. The summed E-state index contributed by atoms with van der Waals surface area (Å²) < 4.78 is 1.22. The molecule has 6 heteroatoms. The zero-order chi connectivity index (χ0) is 10.7. The van der Waals surface area contributed by atoms with Gasteiger partial charge >= 0.3 is 71.3 Å². The third-order valence-electron chi connectivity index (χ3n) is 0. The van der Waals surface area contributed by atoms with E-state index in [-0.39, 0.29) is 7.43 Å².